The lowest BCUT2D eigenvalue weighted by atomic mass is 9.97. The van der Waals surface area contributed by atoms with Crippen molar-refractivity contribution >= 4 is 11.9 Å². The fourth-order valence-electron chi connectivity index (χ4n) is 2.76. The maximum Gasteiger partial charge on any atom is 0.316 e. The van der Waals surface area contributed by atoms with E-state index in [0.717, 1.165) is 31.6 Å². The SMILES string of the molecule is CCCCN(CCCC)CCc1ccc(OC(=O)C(C)(C)C)c(OC(=O)C(C)(C)C)c1. The van der Waals surface area contributed by atoms with Gasteiger partial charge >= 0.3 is 11.9 Å². The number of esters is 2. The number of hydrogen-bond donors (Lipinski definition) is 0. The van der Waals surface area contributed by atoms with Gasteiger partial charge in [-0.2, -0.15) is 0 Å². The molecule has 0 atom stereocenters. The Hall–Kier alpha value is -1.88. The van der Waals surface area contributed by atoms with Crippen molar-refractivity contribution in [2.75, 3.05) is 19.6 Å². The largest absolute Gasteiger partial charge is 0.422 e. The van der Waals surface area contributed by atoms with E-state index in [1.54, 1.807) is 47.6 Å². The van der Waals surface area contributed by atoms with Crippen LogP contribution in [-0.2, 0) is 16.0 Å². The summed E-state index contributed by atoms with van der Waals surface area (Å²) in [5, 5.41) is 0. The molecule has 31 heavy (non-hydrogen) atoms. The van der Waals surface area contributed by atoms with Crippen LogP contribution >= 0.6 is 0 Å². The minimum Gasteiger partial charge on any atom is -0.422 e. The van der Waals surface area contributed by atoms with Crippen molar-refractivity contribution in [1.82, 2.24) is 4.90 Å². The second kappa shape index (κ2) is 12.2. The van der Waals surface area contributed by atoms with Gasteiger partial charge in [-0.3, -0.25) is 9.59 Å². The maximum absolute atomic E-state index is 12.5. The Labute approximate surface area is 189 Å². The van der Waals surface area contributed by atoms with E-state index in [0.29, 0.717) is 5.75 Å². The van der Waals surface area contributed by atoms with Gasteiger partial charge in [-0.05, 0) is 91.6 Å². The van der Waals surface area contributed by atoms with Crippen molar-refractivity contribution in [1.29, 1.82) is 0 Å². The summed E-state index contributed by atoms with van der Waals surface area (Å²) in [7, 11) is 0. The summed E-state index contributed by atoms with van der Waals surface area (Å²) in [4.78, 5) is 27.4. The standard InChI is InChI=1S/C26H43NO4/c1-9-11-16-27(17-12-10-2)18-15-20-13-14-21(30-23(28)25(3,4)5)22(19-20)31-24(29)26(6,7)8/h13-14,19H,9-12,15-18H2,1-8H3. The number of rotatable bonds is 11. The van der Waals surface area contributed by atoms with Crippen molar-refractivity contribution in [2.45, 2.75) is 87.5 Å². The molecule has 0 radical (unpaired) electrons. The van der Waals surface area contributed by atoms with E-state index in [9.17, 15) is 9.59 Å². The second-order valence-corrected chi connectivity index (χ2v) is 10.4. The fourth-order valence-corrected chi connectivity index (χ4v) is 2.76. The predicted octanol–water partition coefficient (Wildman–Crippen LogP) is 6.03. The highest BCUT2D eigenvalue weighted by Gasteiger charge is 2.28. The number of carbonyl (C=O) groups is 2. The van der Waals surface area contributed by atoms with Gasteiger partial charge < -0.3 is 14.4 Å². The molecule has 0 spiro atoms. The molecule has 0 fully saturated rings. The van der Waals surface area contributed by atoms with E-state index in [4.69, 9.17) is 9.47 Å². The smallest absolute Gasteiger partial charge is 0.316 e. The number of benzene rings is 1. The average Bonchev–Trinajstić information content (AvgIpc) is 2.67. The van der Waals surface area contributed by atoms with Crippen LogP contribution in [0.1, 0.15) is 86.6 Å². The normalized spacial score (nSPS) is 12.2. The first-order chi connectivity index (χ1) is 14.4. The fraction of sp³-hybridized carbons (Fsp3) is 0.692. The van der Waals surface area contributed by atoms with Crippen LogP contribution in [0.2, 0.25) is 0 Å². The van der Waals surface area contributed by atoms with Gasteiger partial charge in [0.15, 0.2) is 11.5 Å². The van der Waals surface area contributed by atoms with E-state index >= 15 is 0 Å². The topological polar surface area (TPSA) is 55.8 Å². The van der Waals surface area contributed by atoms with E-state index in [1.807, 2.05) is 12.1 Å². The van der Waals surface area contributed by atoms with Crippen molar-refractivity contribution in [3.63, 3.8) is 0 Å². The van der Waals surface area contributed by atoms with Crippen molar-refractivity contribution in [3.05, 3.63) is 23.8 Å². The summed E-state index contributed by atoms with van der Waals surface area (Å²) in [6.07, 6.45) is 5.60. The molecule has 0 unspecified atom stereocenters. The zero-order valence-electron chi connectivity index (χ0n) is 21.0. The lowest BCUT2D eigenvalue weighted by Gasteiger charge is -2.23. The van der Waals surface area contributed by atoms with Crippen LogP contribution in [0.5, 0.6) is 11.5 Å². The number of nitrogens with zero attached hydrogens (tertiary/aromatic N) is 1. The molecule has 176 valence electrons. The van der Waals surface area contributed by atoms with E-state index in [1.165, 1.54) is 25.7 Å². The monoisotopic (exact) mass is 433 g/mol. The van der Waals surface area contributed by atoms with Gasteiger partial charge in [0.1, 0.15) is 0 Å². The van der Waals surface area contributed by atoms with Crippen molar-refractivity contribution < 1.29 is 19.1 Å². The Kier molecular flexibility index (Phi) is 10.7. The third-order valence-electron chi connectivity index (χ3n) is 5.01. The van der Waals surface area contributed by atoms with Crippen molar-refractivity contribution in [3.8, 4) is 11.5 Å². The van der Waals surface area contributed by atoms with Gasteiger partial charge in [0.2, 0.25) is 0 Å². The van der Waals surface area contributed by atoms with Crippen LogP contribution in [0.15, 0.2) is 18.2 Å². The second-order valence-electron chi connectivity index (χ2n) is 10.4. The summed E-state index contributed by atoms with van der Waals surface area (Å²) in [5.74, 6) is -0.123. The van der Waals surface area contributed by atoms with Gasteiger partial charge in [-0.25, -0.2) is 0 Å². The molecule has 5 heteroatoms. The lowest BCUT2D eigenvalue weighted by Crippen LogP contribution is -2.29. The quantitative estimate of drug-likeness (QED) is 0.315. The van der Waals surface area contributed by atoms with Gasteiger partial charge in [0, 0.05) is 6.54 Å². The molecular formula is C26H43NO4. The summed E-state index contributed by atoms with van der Waals surface area (Å²) >= 11 is 0. The molecule has 0 aliphatic rings. The zero-order valence-corrected chi connectivity index (χ0v) is 21.0. The summed E-state index contributed by atoms with van der Waals surface area (Å²) in [5.41, 5.74) is -0.244. The van der Waals surface area contributed by atoms with Crippen LogP contribution in [0.4, 0.5) is 0 Å². The molecule has 1 aromatic rings. The predicted molar refractivity (Wildman–Crippen MR) is 127 cm³/mol. The van der Waals surface area contributed by atoms with Crippen LogP contribution in [0.3, 0.4) is 0 Å². The molecule has 0 heterocycles. The first-order valence-electron chi connectivity index (χ1n) is 11.7. The van der Waals surface area contributed by atoms with Crippen molar-refractivity contribution in [2.24, 2.45) is 10.8 Å². The molecule has 0 bridgehead atoms. The first kappa shape index (κ1) is 27.2. The molecule has 0 amide bonds. The van der Waals surface area contributed by atoms with Crippen LogP contribution in [0.25, 0.3) is 0 Å². The molecule has 1 aromatic carbocycles. The maximum atomic E-state index is 12.5. The molecular weight excluding hydrogens is 390 g/mol. The number of hydrogen-bond acceptors (Lipinski definition) is 5. The van der Waals surface area contributed by atoms with Gasteiger partial charge in [-0.15, -0.1) is 0 Å². The molecule has 0 saturated carbocycles. The minimum absolute atomic E-state index is 0.287. The van der Waals surface area contributed by atoms with Gasteiger partial charge in [0.05, 0.1) is 10.8 Å². The molecule has 0 aliphatic heterocycles. The lowest BCUT2D eigenvalue weighted by molar-refractivity contribution is -0.145. The Bertz CT molecular complexity index is 705. The Balaban J connectivity index is 3.05. The summed E-state index contributed by atoms with van der Waals surface area (Å²) < 4.78 is 11.3. The molecule has 0 aliphatic carbocycles. The van der Waals surface area contributed by atoms with Crippen LogP contribution in [0, 0.1) is 10.8 Å². The van der Waals surface area contributed by atoms with Crippen LogP contribution in [-0.4, -0.2) is 36.5 Å². The van der Waals surface area contributed by atoms with Crippen LogP contribution < -0.4 is 9.47 Å². The Morgan fingerprint density at radius 3 is 1.71 bits per heavy atom. The molecule has 0 aromatic heterocycles. The number of carbonyl (C=O) groups excluding carboxylic acids is 2. The third-order valence-corrected chi connectivity index (χ3v) is 5.01. The van der Waals surface area contributed by atoms with Gasteiger partial charge in [0.25, 0.3) is 0 Å². The average molecular weight is 434 g/mol. The van der Waals surface area contributed by atoms with Gasteiger partial charge in [-0.1, -0.05) is 32.8 Å². The van der Waals surface area contributed by atoms with E-state index < -0.39 is 10.8 Å². The summed E-state index contributed by atoms with van der Waals surface area (Å²) in [6, 6.07) is 5.54. The number of ether oxygens (including phenoxy) is 2. The van der Waals surface area contributed by atoms with E-state index in [-0.39, 0.29) is 17.7 Å². The molecule has 0 saturated heterocycles. The third kappa shape index (κ3) is 9.86. The minimum atomic E-state index is -0.654. The van der Waals surface area contributed by atoms with E-state index in [2.05, 4.69) is 18.7 Å². The Morgan fingerprint density at radius 2 is 1.26 bits per heavy atom. The summed E-state index contributed by atoms with van der Waals surface area (Å²) in [6.45, 7) is 18.4. The highest BCUT2D eigenvalue weighted by Crippen LogP contribution is 2.32. The molecule has 5 nitrogen and oxygen atoms in total. The molecule has 0 N–H and O–H groups in total. The first-order valence-corrected chi connectivity index (χ1v) is 11.7. The zero-order chi connectivity index (χ0) is 23.7. The Morgan fingerprint density at radius 1 is 0.774 bits per heavy atom. The highest BCUT2D eigenvalue weighted by molar-refractivity contribution is 5.81. The highest BCUT2D eigenvalue weighted by atomic mass is 16.6. The number of unbranched alkanes of at least 4 members (excludes halogenated alkanes) is 2. The molecule has 1 rings (SSSR count).